The number of rotatable bonds is 6. The van der Waals surface area contributed by atoms with Crippen LogP contribution in [0, 0.1) is 0 Å². The molecule has 0 bridgehead atoms. The van der Waals surface area contributed by atoms with Gasteiger partial charge in [0.1, 0.15) is 25.0 Å². The average molecular weight is 447 g/mol. The summed E-state index contributed by atoms with van der Waals surface area (Å²) in [5.41, 5.74) is 5.50. The zero-order valence-corrected chi connectivity index (χ0v) is 17.6. The van der Waals surface area contributed by atoms with Gasteiger partial charge in [-0.15, -0.1) is 0 Å². The first-order chi connectivity index (χ1) is 16.1. The van der Waals surface area contributed by atoms with Gasteiger partial charge in [0.05, 0.1) is 12.1 Å². The van der Waals surface area contributed by atoms with Crippen molar-refractivity contribution in [3.63, 3.8) is 0 Å². The fourth-order valence-corrected chi connectivity index (χ4v) is 3.86. The zero-order valence-electron chi connectivity index (χ0n) is 17.6. The molecule has 2 N–H and O–H groups in total. The summed E-state index contributed by atoms with van der Waals surface area (Å²) < 4.78 is 16.7. The number of imide groups is 1. The Hall–Kier alpha value is -4.11. The van der Waals surface area contributed by atoms with Gasteiger partial charge >= 0.3 is 0 Å². The normalized spacial score (nSPS) is 17.3. The lowest BCUT2D eigenvalue weighted by molar-refractivity contribution is -0.125. The van der Waals surface area contributed by atoms with Crippen molar-refractivity contribution in [1.29, 1.82) is 0 Å². The Morgan fingerprint density at radius 1 is 1.00 bits per heavy atom. The number of ether oxygens (including phenoxy) is 3. The summed E-state index contributed by atoms with van der Waals surface area (Å²) in [6.07, 6.45) is -0.0856. The molecule has 0 spiro atoms. The lowest BCUT2D eigenvalue weighted by atomic mass is 10.1. The molecule has 0 radical (unpaired) electrons. The maximum Gasteiger partial charge on any atom is 0.272 e. The van der Waals surface area contributed by atoms with Crippen molar-refractivity contribution in [2.45, 2.75) is 12.5 Å². The second-order valence-electron chi connectivity index (χ2n) is 7.61. The highest BCUT2D eigenvalue weighted by molar-refractivity contribution is 6.22. The quantitative estimate of drug-likeness (QED) is 0.439. The van der Waals surface area contributed by atoms with Gasteiger partial charge < -0.3 is 14.2 Å². The number of hydrogen-bond donors (Lipinski definition) is 2. The predicted molar refractivity (Wildman–Crippen MR) is 119 cm³/mol. The second-order valence-corrected chi connectivity index (χ2v) is 7.61. The molecule has 1 saturated heterocycles. The van der Waals surface area contributed by atoms with Crippen LogP contribution in [-0.2, 0) is 14.4 Å². The van der Waals surface area contributed by atoms with Crippen LogP contribution in [0.15, 0.2) is 60.7 Å². The lowest BCUT2D eigenvalue weighted by Crippen LogP contribution is -2.49. The summed E-state index contributed by atoms with van der Waals surface area (Å²) in [6.45, 7) is 0.598. The molecule has 3 aromatic carbocycles. The van der Waals surface area contributed by atoms with Crippen LogP contribution in [0.1, 0.15) is 6.42 Å². The minimum absolute atomic E-state index is 0.0856. The van der Waals surface area contributed by atoms with E-state index in [1.165, 1.54) is 0 Å². The van der Waals surface area contributed by atoms with E-state index in [9.17, 15) is 14.4 Å². The third-order valence-corrected chi connectivity index (χ3v) is 5.42. The molecule has 5 rings (SSSR count). The third kappa shape index (κ3) is 4.18. The number of nitrogens with zero attached hydrogens (tertiary/aromatic N) is 1. The highest BCUT2D eigenvalue weighted by Gasteiger charge is 2.40. The minimum atomic E-state index is -0.882. The number of carbonyl (C=O) groups excluding carboxylic acids is 3. The van der Waals surface area contributed by atoms with Crippen molar-refractivity contribution < 1.29 is 28.6 Å². The maximum atomic E-state index is 12.8. The molecule has 1 atom stereocenters. The highest BCUT2D eigenvalue weighted by Crippen LogP contribution is 2.35. The van der Waals surface area contributed by atoms with Gasteiger partial charge in [-0.3, -0.25) is 19.8 Å². The monoisotopic (exact) mass is 447 g/mol. The summed E-state index contributed by atoms with van der Waals surface area (Å²) >= 11 is 0. The number of benzene rings is 3. The molecule has 9 nitrogen and oxygen atoms in total. The topological polar surface area (TPSA) is 106 Å². The number of carbonyl (C=O) groups is 3. The van der Waals surface area contributed by atoms with Gasteiger partial charge in [-0.05, 0) is 23.6 Å². The van der Waals surface area contributed by atoms with Crippen LogP contribution >= 0.6 is 0 Å². The molecule has 0 saturated carbocycles. The van der Waals surface area contributed by atoms with Crippen molar-refractivity contribution in [3.05, 3.63) is 60.7 Å². The molecule has 3 aromatic rings. The number of nitrogens with one attached hydrogen (secondary N) is 2. The molecule has 2 heterocycles. The lowest BCUT2D eigenvalue weighted by Gasteiger charge is -2.21. The molecule has 2 aliphatic rings. The van der Waals surface area contributed by atoms with Crippen LogP contribution in [0.3, 0.4) is 0 Å². The number of anilines is 1. The van der Waals surface area contributed by atoms with Gasteiger partial charge in [0.2, 0.25) is 5.91 Å². The number of amides is 3. The van der Waals surface area contributed by atoms with Crippen LogP contribution in [0.2, 0.25) is 0 Å². The van der Waals surface area contributed by atoms with Crippen LogP contribution < -0.4 is 30.0 Å². The smallest absolute Gasteiger partial charge is 0.272 e. The van der Waals surface area contributed by atoms with E-state index in [0.29, 0.717) is 36.1 Å². The zero-order chi connectivity index (χ0) is 22.8. The second kappa shape index (κ2) is 8.79. The summed E-state index contributed by atoms with van der Waals surface area (Å²) in [4.78, 5) is 38.7. The first-order valence-electron chi connectivity index (χ1n) is 10.5. The van der Waals surface area contributed by atoms with E-state index < -0.39 is 17.9 Å². The number of fused-ring (bicyclic) bond motifs is 2. The van der Waals surface area contributed by atoms with Crippen molar-refractivity contribution in [2.24, 2.45) is 0 Å². The van der Waals surface area contributed by atoms with Gasteiger partial charge in [-0.25, -0.2) is 10.3 Å². The van der Waals surface area contributed by atoms with Crippen molar-refractivity contribution in [2.75, 3.05) is 24.7 Å². The SMILES string of the molecule is O=C(COc1cccc2ccccc12)NN[C@H]1CC(=O)N(c2ccc3c(c2)OCCO3)C1=O. The minimum Gasteiger partial charge on any atom is -0.486 e. The Morgan fingerprint density at radius 3 is 2.67 bits per heavy atom. The van der Waals surface area contributed by atoms with E-state index in [2.05, 4.69) is 10.9 Å². The Labute approximate surface area is 189 Å². The third-order valence-electron chi connectivity index (χ3n) is 5.42. The summed E-state index contributed by atoms with van der Waals surface area (Å²) in [7, 11) is 0. The molecule has 0 aromatic heterocycles. The van der Waals surface area contributed by atoms with E-state index in [1.807, 2.05) is 36.4 Å². The van der Waals surface area contributed by atoms with Crippen molar-refractivity contribution in [1.82, 2.24) is 10.9 Å². The molecule has 1 fully saturated rings. The van der Waals surface area contributed by atoms with Gasteiger partial charge in [-0.1, -0.05) is 36.4 Å². The molecule has 3 amide bonds. The van der Waals surface area contributed by atoms with Gasteiger partial charge in [0, 0.05) is 11.5 Å². The summed E-state index contributed by atoms with van der Waals surface area (Å²) in [6, 6.07) is 17.3. The molecule has 0 aliphatic carbocycles. The van der Waals surface area contributed by atoms with Gasteiger partial charge in [0.15, 0.2) is 18.1 Å². The highest BCUT2D eigenvalue weighted by atomic mass is 16.6. The predicted octanol–water partition coefficient (Wildman–Crippen LogP) is 1.94. The van der Waals surface area contributed by atoms with E-state index in [-0.39, 0.29) is 18.9 Å². The standard InChI is InChI=1S/C24H21N3O6/c28-22(14-33-19-7-3-5-15-4-1-2-6-17(15)19)26-25-18-13-23(29)27(24(18)30)16-8-9-20-21(12-16)32-11-10-31-20/h1-9,12,18,25H,10-11,13-14H2,(H,26,28)/t18-/m0/s1. The van der Waals surface area contributed by atoms with Crippen molar-refractivity contribution in [3.8, 4) is 17.2 Å². The Morgan fingerprint density at radius 2 is 1.79 bits per heavy atom. The largest absolute Gasteiger partial charge is 0.486 e. The molecule has 9 heteroatoms. The van der Waals surface area contributed by atoms with Gasteiger partial charge in [0.25, 0.3) is 11.8 Å². The molecule has 33 heavy (non-hydrogen) atoms. The Kier molecular flexibility index (Phi) is 5.54. The van der Waals surface area contributed by atoms with E-state index in [4.69, 9.17) is 14.2 Å². The van der Waals surface area contributed by atoms with Gasteiger partial charge in [-0.2, -0.15) is 0 Å². The van der Waals surface area contributed by atoms with E-state index in [1.54, 1.807) is 24.3 Å². The fourth-order valence-electron chi connectivity index (χ4n) is 3.86. The van der Waals surface area contributed by atoms with Crippen LogP contribution in [0.25, 0.3) is 10.8 Å². The summed E-state index contributed by atoms with van der Waals surface area (Å²) in [5.74, 6) is 0.315. The average Bonchev–Trinajstić information content (AvgIpc) is 3.13. The fraction of sp³-hybridized carbons (Fsp3) is 0.208. The van der Waals surface area contributed by atoms with Crippen LogP contribution in [0.5, 0.6) is 17.2 Å². The molecule has 2 aliphatic heterocycles. The van der Waals surface area contributed by atoms with E-state index >= 15 is 0 Å². The Balaban J connectivity index is 1.18. The van der Waals surface area contributed by atoms with Crippen LogP contribution in [-0.4, -0.2) is 43.6 Å². The molecular weight excluding hydrogens is 426 g/mol. The van der Waals surface area contributed by atoms with Crippen LogP contribution in [0.4, 0.5) is 5.69 Å². The number of hydrazine groups is 1. The summed E-state index contributed by atoms with van der Waals surface area (Å²) in [5, 5.41) is 1.90. The van der Waals surface area contributed by atoms with E-state index in [0.717, 1.165) is 15.7 Å². The molecular formula is C24H21N3O6. The Bertz CT molecular complexity index is 1240. The number of hydrogen-bond acceptors (Lipinski definition) is 7. The maximum absolute atomic E-state index is 12.8. The molecule has 0 unspecified atom stereocenters. The van der Waals surface area contributed by atoms with Crippen molar-refractivity contribution >= 4 is 34.2 Å². The first-order valence-corrected chi connectivity index (χ1v) is 10.5. The first kappa shape index (κ1) is 20.8. The molecule has 168 valence electrons.